The molecular formula is C22H40O4. The van der Waals surface area contributed by atoms with Crippen molar-refractivity contribution in [1.82, 2.24) is 0 Å². The Hall–Kier alpha value is -1.32. The first-order valence-electron chi connectivity index (χ1n) is 10.1. The molecule has 2 atom stereocenters. The average Bonchev–Trinajstić information content (AvgIpc) is 2.54. The smallest absolute Gasteiger partial charge is 0.331 e. The first-order valence-corrected chi connectivity index (χ1v) is 10.1. The molecule has 0 aromatic carbocycles. The third-order valence-corrected chi connectivity index (χ3v) is 5.44. The molecule has 0 aromatic heterocycles. The van der Waals surface area contributed by atoms with Crippen LogP contribution in [0.15, 0.2) is 12.2 Å². The van der Waals surface area contributed by atoms with Crippen LogP contribution in [0.2, 0.25) is 0 Å². The molecule has 0 bridgehead atoms. The van der Waals surface area contributed by atoms with Crippen LogP contribution >= 0.6 is 0 Å². The van der Waals surface area contributed by atoms with Gasteiger partial charge in [0.15, 0.2) is 0 Å². The molecule has 26 heavy (non-hydrogen) atoms. The maximum atomic E-state index is 12.1. The normalized spacial score (nSPS) is 14.9. The lowest BCUT2D eigenvalue weighted by molar-refractivity contribution is -0.158. The Morgan fingerprint density at radius 3 is 1.35 bits per heavy atom. The van der Waals surface area contributed by atoms with E-state index in [-0.39, 0.29) is 11.8 Å². The highest BCUT2D eigenvalue weighted by Gasteiger charge is 2.30. The number of ether oxygens (including phenoxy) is 2. The fraction of sp³-hybridized carbons (Fsp3) is 0.818. The molecule has 0 aliphatic rings. The van der Waals surface area contributed by atoms with E-state index >= 15 is 0 Å². The van der Waals surface area contributed by atoms with Gasteiger partial charge < -0.3 is 9.47 Å². The van der Waals surface area contributed by atoms with Crippen molar-refractivity contribution in [2.24, 2.45) is 11.8 Å². The Labute approximate surface area is 160 Å². The van der Waals surface area contributed by atoms with Crippen molar-refractivity contribution in [3.63, 3.8) is 0 Å². The summed E-state index contributed by atoms with van der Waals surface area (Å²) in [7, 11) is 0. The summed E-state index contributed by atoms with van der Waals surface area (Å²) in [6, 6.07) is 0. The topological polar surface area (TPSA) is 52.6 Å². The number of hydrogen-bond acceptors (Lipinski definition) is 4. The minimum atomic E-state index is -0.561. The molecule has 0 heterocycles. The predicted octanol–water partition coefficient (Wildman–Crippen LogP) is 5.84. The third-order valence-electron chi connectivity index (χ3n) is 5.44. The maximum absolute atomic E-state index is 12.1. The standard InChI is InChI=1S/C22H40O4/c1-9-11-13-17(3)21(5,6)25-19(23)15-16-20(24)26-22(7,8)18(4)14-12-10-2/h15-18H,9-14H2,1-8H3/b16-15-. The zero-order chi connectivity index (χ0) is 20.4. The van der Waals surface area contributed by atoms with E-state index in [2.05, 4.69) is 27.7 Å². The molecule has 0 aliphatic carbocycles. The van der Waals surface area contributed by atoms with Crippen molar-refractivity contribution in [2.75, 3.05) is 0 Å². The average molecular weight is 369 g/mol. The molecule has 0 rings (SSSR count). The largest absolute Gasteiger partial charge is 0.456 e. The van der Waals surface area contributed by atoms with E-state index in [9.17, 15) is 9.59 Å². The lowest BCUT2D eigenvalue weighted by atomic mass is 9.88. The number of esters is 2. The Morgan fingerprint density at radius 2 is 1.08 bits per heavy atom. The Kier molecular flexibility index (Phi) is 10.8. The number of unbranched alkanes of at least 4 members (excludes halogenated alkanes) is 2. The summed E-state index contributed by atoms with van der Waals surface area (Å²) in [5.41, 5.74) is -1.12. The van der Waals surface area contributed by atoms with Crippen LogP contribution in [0.1, 0.15) is 93.9 Å². The maximum Gasteiger partial charge on any atom is 0.331 e. The monoisotopic (exact) mass is 368 g/mol. The van der Waals surface area contributed by atoms with Crippen molar-refractivity contribution in [3.05, 3.63) is 12.2 Å². The predicted molar refractivity (Wildman–Crippen MR) is 107 cm³/mol. The minimum Gasteiger partial charge on any atom is -0.456 e. The molecule has 152 valence electrons. The van der Waals surface area contributed by atoms with Gasteiger partial charge in [0.25, 0.3) is 0 Å². The first-order chi connectivity index (χ1) is 12.0. The van der Waals surface area contributed by atoms with Crippen LogP contribution in [-0.4, -0.2) is 23.1 Å². The van der Waals surface area contributed by atoms with Crippen LogP contribution < -0.4 is 0 Å². The van der Waals surface area contributed by atoms with Crippen LogP contribution in [0.25, 0.3) is 0 Å². The molecule has 0 N–H and O–H groups in total. The highest BCUT2D eigenvalue weighted by Crippen LogP contribution is 2.27. The number of hydrogen-bond donors (Lipinski definition) is 0. The van der Waals surface area contributed by atoms with Crippen LogP contribution in [0.5, 0.6) is 0 Å². The highest BCUT2D eigenvalue weighted by molar-refractivity contribution is 5.92. The highest BCUT2D eigenvalue weighted by atomic mass is 16.6. The third kappa shape index (κ3) is 9.40. The lowest BCUT2D eigenvalue weighted by Crippen LogP contribution is -2.35. The van der Waals surface area contributed by atoms with Crippen LogP contribution in [0.4, 0.5) is 0 Å². The van der Waals surface area contributed by atoms with E-state index in [0.29, 0.717) is 0 Å². The van der Waals surface area contributed by atoms with Gasteiger partial charge in [-0.05, 0) is 52.4 Å². The van der Waals surface area contributed by atoms with Crippen molar-refractivity contribution in [2.45, 2.75) is 105 Å². The van der Waals surface area contributed by atoms with E-state index in [1.807, 2.05) is 27.7 Å². The van der Waals surface area contributed by atoms with Crippen LogP contribution in [0, 0.1) is 11.8 Å². The SMILES string of the molecule is CCCCC(C)C(C)(C)OC(=O)/C=C\C(=O)OC(C)(C)C(C)CCCC. The molecule has 0 radical (unpaired) electrons. The van der Waals surface area contributed by atoms with Gasteiger partial charge in [-0.15, -0.1) is 0 Å². The second-order valence-corrected chi connectivity index (χ2v) is 8.47. The molecule has 2 unspecified atom stereocenters. The molecule has 0 saturated carbocycles. The first kappa shape index (κ1) is 24.7. The fourth-order valence-electron chi connectivity index (χ4n) is 2.64. The van der Waals surface area contributed by atoms with Crippen LogP contribution in [0.3, 0.4) is 0 Å². The number of carbonyl (C=O) groups is 2. The van der Waals surface area contributed by atoms with Gasteiger partial charge >= 0.3 is 11.9 Å². The summed E-state index contributed by atoms with van der Waals surface area (Å²) >= 11 is 0. The Morgan fingerprint density at radius 1 is 0.769 bits per heavy atom. The van der Waals surface area contributed by atoms with Gasteiger partial charge in [-0.3, -0.25) is 0 Å². The van der Waals surface area contributed by atoms with E-state index in [1.165, 1.54) is 12.2 Å². The molecule has 0 aliphatic heterocycles. The van der Waals surface area contributed by atoms with E-state index in [0.717, 1.165) is 38.5 Å². The fourth-order valence-corrected chi connectivity index (χ4v) is 2.64. The second-order valence-electron chi connectivity index (χ2n) is 8.47. The lowest BCUT2D eigenvalue weighted by Gasteiger charge is -2.31. The van der Waals surface area contributed by atoms with Gasteiger partial charge in [0.05, 0.1) is 0 Å². The molecule has 4 heteroatoms. The summed E-state index contributed by atoms with van der Waals surface area (Å²) in [5, 5.41) is 0. The minimum absolute atomic E-state index is 0.255. The quantitative estimate of drug-likeness (QED) is 0.321. The van der Waals surface area contributed by atoms with Gasteiger partial charge in [-0.25, -0.2) is 9.59 Å². The Balaban J connectivity index is 4.60. The molecule has 0 saturated heterocycles. The van der Waals surface area contributed by atoms with Crippen molar-refractivity contribution in [3.8, 4) is 0 Å². The molecule has 0 aromatic rings. The molecule has 0 amide bonds. The van der Waals surface area contributed by atoms with Crippen LogP contribution in [-0.2, 0) is 19.1 Å². The summed E-state index contributed by atoms with van der Waals surface area (Å²) in [4.78, 5) is 24.1. The molecule has 0 spiro atoms. The number of rotatable bonds is 12. The number of carbonyl (C=O) groups excluding carboxylic acids is 2. The van der Waals surface area contributed by atoms with Crippen molar-refractivity contribution in [1.29, 1.82) is 0 Å². The zero-order valence-electron chi connectivity index (χ0n) is 18.2. The summed E-state index contributed by atoms with van der Waals surface area (Å²) in [6.07, 6.45) is 8.80. The van der Waals surface area contributed by atoms with Gasteiger partial charge in [0.2, 0.25) is 0 Å². The second kappa shape index (κ2) is 11.4. The van der Waals surface area contributed by atoms with E-state index in [1.54, 1.807) is 0 Å². The molecule has 4 nitrogen and oxygen atoms in total. The van der Waals surface area contributed by atoms with E-state index in [4.69, 9.17) is 9.47 Å². The molecular weight excluding hydrogens is 328 g/mol. The van der Waals surface area contributed by atoms with Crippen molar-refractivity contribution < 1.29 is 19.1 Å². The van der Waals surface area contributed by atoms with E-state index < -0.39 is 23.1 Å². The van der Waals surface area contributed by atoms with Gasteiger partial charge in [0.1, 0.15) is 11.2 Å². The summed E-state index contributed by atoms with van der Waals surface area (Å²) < 4.78 is 11.1. The zero-order valence-corrected chi connectivity index (χ0v) is 18.2. The van der Waals surface area contributed by atoms with Crippen molar-refractivity contribution >= 4 is 11.9 Å². The molecule has 0 fully saturated rings. The van der Waals surface area contributed by atoms with Gasteiger partial charge in [0, 0.05) is 12.2 Å². The summed E-state index contributed by atoms with van der Waals surface area (Å²) in [6.45, 7) is 16.1. The van der Waals surface area contributed by atoms with Gasteiger partial charge in [-0.2, -0.15) is 0 Å². The Bertz CT molecular complexity index is 421. The summed E-state index contributed by atoms with van der Waals surface area (Å²) in [5.74, 6) is -0.505. The van der Waals surface area contributed by atoms with Gasteiger partial charge in [-0.1, -0.05) is 53.4 Å².